The highest BCUT2D eigenvalue weighted by molar-refractivity contribution is 5.73. The van der Waals surface area contributed by atoms with Crippen LogP contribution in [0.4, 0.5) is 13.2 Å². The lowest BCUT2D eigenvalue weighted by atomic mass is 10.2. The minimum absolute atomic E-state index is 0.00463. The standard InChI is InChI=1S/C7H10N2.C3H8N2O2.C2HF3O2/c8-4-1-7-2-5-9-6-3-7;4-1-2(5)3(6)7;3-2(4,5)1(6)7/h2-3,5-6H,1,4,8H2;2H,1,4-5H2,(H,6,7);(H,6,7)/t;2-;/m.0./s1. The Kier molecular flexibility index (Phi) is 12.3. The van der Waals surface area contributed by atoms with Gasteiger partial charge in [-0.25, -0.2) is 4.79 Å². The molecule has 132 valence electrons. The minimum Gasteiger partial charge on any atom is -0.480 e. The van der Waals surface area contributed by atoms with E-state index in [0.29, 0.717) is 6.54 Å². The number of pyridine rings is 1. The van der Waals surface area contributed by atoms with Gasteiger partial charge in [-0.3, -0.25) is 9.78 Å². The molecule has 23 heavy (non-hydrogen) atoms. The number of aliphatic carboxylic acids is 2. The van der Waals surface area contributed by atoms with E-state index in [0.717, 1.165) is 6.42 Å². The number of aromatic nitrogens is 1. The van der Waals surface area contributed by atoms with Crippen molar-refractivity contribution in [2.24, 2.45) is 17.2 Å². The van der Waals surface area contributed by atoms with Gasteiger partial charge in [-0.1, -0.05) is 0 Å². The van der Waals surface area contributed by atoms with Crippen molar-refractivity contribution in [2.75, 3.05) is 13.1 Å². The Labute approximate surface area is 130 Å². The largest absolute Gasteiger partial charge is 0.490 e. The molecule has 1 atom stereocenters. The van der Waals surface area contributed by atoms with Crippen LogP contribution in [-0.2, 0) is 16.0 Å². The van der Waals surface area contributed by atoms with Crippen molar-refractivity contribution in [1.82, 2.24) is 4.98 Å². The quantitative estimate of drug-likeness (QED) is 0.492. The van der Waals surface area contributed by atoms with Gasteiger partial charge in [0.05, 0.1) is 0 Å². The topological polar surface area (TPSA) is 166 Å². The second-order valence-electron chi connectivity index (χ2n) is 3.88. The summed E-state index contributed by atoms with van der Waals surface area (Å²) in [6, 6.07) is 3.06. The lowest BCUT2D eigenvalue weighted by molar-refractivity contribution is -0.192. The second kappa shape index (κ2) is 12.3. The van der Waals surface area contributed by atoms with Gasteiger partial charge < -0.3 is 27.4 Å². The average molecular weight is 340 g/mol. The molecule has 0 aliphatic rings. The number of alkyl halides is 3. The van der Waals surface area contributed by atoms with Crippen molar-refractivity contribution in [3.63, 3.8) is 0 Å². The fourth-order valence-electron chi connectivity index (χ4n) is 0.817. The Morgan fingerprint density at radius 1 is 1.17 bits per heavy atom. The third kappa shape index (κ3) is 14.5. The van der Waals surface area contributed by atoms with Gasteiger partial charge in [0.2, 0.25) is 0 Å². The first-order valence-corrected chi connectivity index (χ1v) is 6.13. The molecule has 0 fully saturated rings. The first kappa shape index (κ1) is 23.0. The van der Waals surface area contributed by atoms with Crippen molar-refractivity contribution in [2.45, 2.75) is 18.6 Å². The molecular weight excluding hydrogens is 321 g/mol. The lowest BCUT2D eigenvalue weighted by Crippen LogP contribution is -2.37. The predicted molar refractivity (Wildman–Crippen MR) is 75.4 cm³/mol. The summed E-state index contributed by atoms with van der Waals surface area (Å²) in [4.78, 5) is 22.5. The predicted octanol–water partition coefficient (Wildman–Crippen LogP) is -0.427. The number of nitrogens with zero attached hydrogens (tertiary/aromatic N) is 1. The first-order chi connectivity index (χ1) is 10.6. The molecule has 0 amide bonds. The Balaban J connectivity index is 0. The minimum atomic E-state index is -5.08. The molecule has 11 heteroatoms. The maximum absolute atomic E-state index is 10.6. The summed E-state index contributed by atoms with van der Waals surface area (Å²) < 4.78 is 31.7. The molecule has 1 rings (SSSR count). The third-order valence-corrected chi connectivity index (χ3v) is 2.00. The Hall–Kier alpha value is -2.24. The van der Waals surface area contributed by atoms with Crippen LogP contribution in [0.25, 0.3) is 0 Å². The van der Waals surface area contributed by atoms with Crippen LogP contribution in [0, 0.1) is 0 Å². The van der Waals surface area contributed by atoms with Crippen molar-refractivity contribution in [3.8, 4) is 0 Å². The molecule has 0 saturated carbocycles. The number of halogens is 3. The van der Waals surface area contributed by atoms with Gasteiger partial charge in [0, 0.05) is 18.9 Å². The summed E-state index contributed by atoms with van der Waals surface area (Å²) in [6.45, 7) is 0.708. The van der Waals surface area contributed by atoms with Crippen molar-refractivity contribution >= 4 is 11.9 Å². The summed E-state index contributed by atoms with van der Waals surface area (Å²) in [5.74, 6) is -3.81. The van der Waals surface area contributed by atoms with Crippen LogP contribution in [0.5, 0.6) is 0 Å². The van der Waals surface area contributed by atoms with E-state index in [-0.39, 0.29) is 6.54 Å². The third-order valence-electron chi connectivity index (χ3n) is 2.00. The first-order valence-electron chi connectivity index (χ1n) is 6.13. The van der Waals surface area contributed by atoms with Crippen LogP contribution < -0.4 is 17.2 Å². The normalized spacial score (nSPS) is 11.2. The number of carboxylic acid groups (broad SMARTS) is 2. The molecule has 0 saturated heterocycles. The summed E-state index contributed by atoms with van der Waals surface area (Å²) in [7, 11) is 0. The van der Waals surface area contributed by atoms with Crippen LogP contribution in [0.3, 0.4) is 0 Å². The summed E-state index contributed by atoms with van der Waals surface area (Å²) >= 11 is 0. The van der Waals surface area contributed by atoms with Gasteiger partial charge in [-0.05, 0) is 30.7 Å². The van der Waals surface area contributed by atoms with Crippen molar-refractivity contribution in [1.29, 1.82) is 0 Å². The van der Waals surface area contributed by atoms with E-state index in [1.165, 1.54) is 5.56 Å². The summed E-state index contributed by atoms with van der Waals surface area (Å²) in [6.07, 6.45) is -0.571. The van der Waals surface area contributed by atoms with Crippen molar-refractivity contribution < 1.29 is 33.0 Å². The fraction of sp³-hybridized carbons (Fsp3) is 0.417. The molecule has 0 bridgehead atoms. The van der Waals surface area contributed by atoms with Gasteiger partial charge >= 0.3 is 18.1 Å². The molecule has 1 heterocycles. The highest BCUT2D eigenvalue weighted by Gasteiger charge is 2.38. The highest BCUT2D eigenvalue weighted by Crippen LogP contribution is 2.13. The van der Waals surface area contributed by atoms with E-state index in [4.69, 9.17) is 32.2 Å². The highest BCUT2D eigenvalue weighted by atomic mass is 19.4. The lowest BCUT2D eigenvalue weighted by Gasteiger charge is -1.97. The zero-order valence-corrected chi connectivity index (χ0v) is 12.0. The van der Waals surface area contributed by atoms with E-state index < -0.39 is 24.2 Å². The molecular formula is C12H19F3N4O4. The molecule has 0 aromatic carbocycles. The maximum Gasteiger partial charge on any atom is 0.490 e. The second-order valence-corrected chi connectivity index (χ2v) is 3.88. The van der Waals surface area contributed by atoms with Crippen LogP contribution in [0.2, 0.25) is 0 Å². The fourth-order valence-corrected chi connectivity index (χ4v) is 0.817. The van der Waals surface area contributed by atoms with Crippen molar-refractivity contribution in [3.05, 3.63) is 30.1 Å². The van der Waals surface area contributed by atoms with E-state index >= 15 is 0 Å². The number of rotatable bonds is 4. The van der Waals surface area contributed by atoms with Crippen LogP contribution in [-0.4, -0.2) is 52.4 Å². The van der Waals surface area contributed by atoms with E-state index in [9.17, 15) is 18.0 Å². The van der Waals surface area contributed by atoms with Gasteiger partial charge in [-0.15, -0.1) is 0 Å². The number of hydrogen-bond acceptors (Lipinski definition) is 6. The number of hydrogen-bond donors (Lipinski definition) is 5. The average Bonchev–Trinajstić information content (AvgIpc) is 2.48. The molecule has 1 aromatic heterocycles. The van der Waals surface area contributed by atoms with Gasteiger partial charge in [0.15, 0.2) is 0 Å². The van der Waals surface area contributed by atoms with E-state index in [2.05, 4.69) is 4.98 Å². The number of nitrogens with two attached hydrogens (primary N) is 3. The molecule has 0 unspecified atom stereocenters. The maximum atomic E-state index is 10.6. The van der Waals surface area contributed by atoms with Gasteiger partial charge in [0.1, 0.15) is 6.04 Å². The Morgan fingerprint density at radius 3 is 1.83 bits per heavy atom. The molecule has 1 aromatic rings. The van der Waals surface area contributed by atoms with Crippen LogP contribution >= 0.6 is 0 Å². The zero-order chi connectivity index (χ0) is 18.5. The summed E-state index contributed by atoms with van der Waals surface area (Å²) in [5.41, 5.74) is 16.4. The number of carbonyl (C=O) groups is 2. The molecule has 0 radical (unpaired) electrons. The Morgan fingerprint density at radius 2 is 1.61 bits per heavy atom. The van der Waals surface area contributed by atoms with Gasteiger partial charge in [0.25, 0.3) is 0 Å². The summed E-state index contributed by atoms with van der Waals surface area (Å²) in [5, 5.41) is 15.1. The SMILES string of the molecule is NCCc1ccncc1.NC[C@H](N)C(=O)O.O=C(O)C(F)(F)F. The smallest absolute Gasteiger partial charge is 0.480 e. The molecule has 0 aliphatic carbocycles. The molecule has 0 spiro atoms. The molecule has 0 aliphatic heterocycles. The van der Waals surface area contributed by atoms with Crippen LogP contribution in [0.1, 0.15) is 5.56 Å². The van der Waals surface area contributed by atoms with Crippen LogP contribution in [0.15, 0.2) is 24.5 Å². The van der Waals surface area contributed by atoms with Gasteiger partial charge in [-0.2, -0.15) is 13.2 Å². The van der Waals surface area contributed by atoms with E-state index in [1.807, 2.05) is 12.1 Å². The van der Waals surface area contributed by atoms with E-state index in [1.54, 1.807) is 12.4 Å². The zero-order valence-electron chi connectivity index (χ0n) is 12.0. The monoisotopic (exact) mass is 340 g/mol. The molecule has 8 N–H and O–H groups in total. The number of carboxylic acids is 2. The molecule has 8 nitrogen and oxygen atoms in total. The Bertz CT molecular complexity index is 457.